The number of carbonyl (C=O) groups excluding carboxylic acids is 1. The molecule has 0 saturated heterocycles. The van der Waals surface area contributed by atoms with Crippen LogP contribution in [-0.2, 0) is 6.54 Å². The first-order valence-corrected chi connectivity index (χ1v) is 8.23. The zero-order chi connectivity index (χ0) is 17.6. The molecule has 3 rings (SSSR count). The smallest absolute Gasteiger partial charge is 0.270 e. The molecule has 1 aromatic heterocycles. The molecule has 7 heteroatoms. The second-order valence-corrected chi connectivity index (χ2v) is 6.04. The number of nitrogens with one attached hydrogen (secondary N) is 2. The minimum absolute atomic E-state index is 0.256. The van der Waals surface area contributed by atoms with Crippen LogP contribution in [0.4, 0.5) is 11.5 Å². The summed E-state index contributed by atoms with van der Waals surface area (Å²) in [7, 11) is 0. The lowest BCUT2D eigenvalue weighted by molar-refractivity contribution is 0.0946. The maximum Gasteiger partial charge on any atom is 0.270 e. The second kappa shape index (κ2) is 7.96. The largest absolute Gasteiger partial charge is 0.347 e. The molecule has 0 aliphatic heterocycles. The van der Waals surface area contributed by atoms with E-state index < -0.39 is 0 Å². The van der Waals surface area contributed by atoms with Crippen molar-refractivity contribution < 1.29 is 4.79 Å². The Kier molecular flexibility index (Phi) is 5.48. The minimum atomic E-state index is -0.309. The van der Waals surface area contributed by atoms with E-state index >= 15 is 0 Å². The molecule has 0 unspecified atom stereocenters. The number of hydrogen-bond acceptors (Lipinski definition) is 4. The van der Waals surface area contributed by atoms with Gasteiger partial charge in [0.05, 0.1) is 0 Å². The Balaban J connectivity index is 1.68. The van der Waals surface area contributed by atoms with E-state index in [1.807, 2.05) is 30.3 Å². The molecule has 0 radical (unpaired) electrons. The van der Waals surface area contributed by atoms with Gasteiger partial charge in [-0.25, -0.2) is 9.97 Å². The molecular formula is C18H14Cl2N4O. The van der Waals surface area contributed by atoms with Crippen molar-refractivity contribution >= 4 is 40.6 Å². The molecule has 3 aromatic rings. The van der Waals surface area contributed by atoms with E-state index in [9.17, 15) is 4.79 Å². The summed E-state index contributed by atoms with van der Waals surface area (Å²) in [6, 6.07) is 16.1. The third-order valence-electron chi connectivity index (χ3n) is 3.39. The summed E-state index contributed by atoms with van der Waals surface area (Å²) >= 11 is 12.0. The Morgan fingerprint density at radius 1 is 1.00 bits per heavy atom. The fourth-order valence-corrected chi connectivity index (χ4v) is 2.56. The molecule has 1 heterocycles. The van der Waals surface area contributed by atoms with E-state index in [0.717, 1.165) is 11.3 Å². The van der Waals surface area contributed by atoms with Crippen LogP contribution in [0.15, 0.2) is 60.9 Å². The van der Waals surface area contributed by atoms with Crippen molar-refractivity contribution in [2.45, 2.75) is 6.54 Å². The predicted octanol–water partition coefficient (Wildman–Crippen LogP) is 4.46. The first-order valence-electron chi connectivity index (χ1n) is 7.48. The predicted molar refractivity (Wildman–Crippen MR) is 99.4 cm³/mol. The first kappa shape index (κ1) is 17.2. The highest BCUT2D eigenvalue weighted by molar-refractivity contribution is 6.31. The van der Waals surface area contributed by atoms with Gasteiger partial charge in [0, 0.05) is 28.3 Å². The summed E-state index contributed by atoms with van der Waals surface area (Å²) in [4.78, 5) is 20.4. The number of hydrogen-bond donors (Lipinski definition) is 2. The topological polar surface area (TPSA) is 66.9 Å². The molecule has 2 aromatic carbocycles. The monoisotopic (exact) mass is 372 g/mol. The number of nitrogens with zero attached hydrogens (tertiary/aromatic N) is 2. The first-order chi connectivity index (χ1) is 12.1. The summed E-state index contributed by atoms with van der Waals surface area (Å²) in [6.45, 7) is 0.319. The third kappa shape index (κ3) is 4.68. The number of anilines is 2. The molecule has 0 atom stereocenters. The van der Waals surface area contributed by atoms with E-state index in [4.69, 9.17) is 23.2 Å². The van der Waals surface area contributed by atoms with Gasteiger partial charge in [-0.3, -0.25) is 4.79 Å². The molecule has 5 nitrogen and oxygen atoms in total. The Morgan fingerprint density at radius 2 is 1.84 bits per heavy atom. The number of benzene rings is 2. The number of carbonyl (C=O) groups is 1. The molecule has 126 valence electrons. The van der Waals surface area contributed by atoms with Crippen LogP contribution in [0.1, 0.15) is 16.1 Å². The summed E-state index contributed by atoms with van der Waals surface area (Å²) < 4.78 is 0. The molecule has 0 aliphatic carbocycles. The zero-order valence-electron chi connectivity index (χ0n) is 13.0. The van der Waals surface area contributed by atoms with Crippen molar-refractivity contribution in [3.8, 4) is 0 Å². The zero-order valence-corrected chi connectivity index (χ0v) is 14.6. The lowest BCUT2D eigenvalue weighted by Gasteiger charge is -2.08. The van der Waals surface area contributed by atoms with Crippen LogP contribution < -0.4 is 10.6 Å². The highest BCUT2D eigenvalue weighted by Crippen LogP contribution is 2.19. The van der Waals surface area contributed by atoms with Crippen LogP contribution in [0.2, 0.25) is 10.0 Å². The van der Waals surface area contributed by atoms with E-state index in [2.05, 4.69) is 20.6 Å². The summed E-state index contributed by atoms with van der Waals surface area (Å²) in [5.74, 6) is 0.191. The molecule has 25 heavy (non-hydrogen) atoms. The SMILES string of the molecule is O=C(NCc1ccccc1Cl)c1cc(Nc2cccc(Cl)c2)ncn1. The van der Waals surface area contributed by atoms with Crippen LogP contribution in [0.3, 0.4) is 0 Å². The maximum atomic E-state index is 12.3. The summed E-state index contributed by atoms with van der Waals surface area (Å²) in [5, 5.41) is 7.09. The van der Waals surface area contributed by atoms with Crippen LogP contribution in [0, 0.1) is 0 Å². The van der Waals surface area contributed by atoms with Gasteiger partial charge in [0.1, 0.15) is 17.8 Å². The average molecular weight is 373 g/mol. The van der Waals surface area contributed by atoms with Crippen molar-refractivity contribution in [2.75, 3.05) is 5.32 Å². The Bertz CT molecular complexity index is 902. The molecule has 2 N–H and O–H groups in total. The molecule has 0 spiro atoms. The van der Waals surface area contributed by atoms with Crippen molar-refractivity contribution in [3.63, 3.8) is 0 Å². The van der Waals surface area contributed by atoms with Gasteiger partial charge in [-0.1, -0.05) is 47.5 Å². The van der Waals surface area contributed by atoms with Crippen LogP contribution in [-0.4, -0.2) is 15.9 Å². The fraction of sp³-hybridized carbons (Fsp3) is 0.0556. The lowest BCUT2D eigenvalue weighted by atomic mass is 10.2. The standard InChI is InChI=1S/C18H14Cl2N4O/c19-13-5-3-6-14(8-13)24-17-9-16(22-11-23-17)18(25)21-10-12-4-1-2-7-15(12)20/h1-9,11H,10H2,(H,21,25)(H,22,23,24). The molecule has 0 aliphatic rings. The molecule has 0 fully saturated rings. The fourth-order valence-electron chi connectivity index (χ4n) is 2.17. The van der Waals surface area contributed by atoms with Crippen molar-refractivity contribution in [1.29, 1.82) is 0 Å². The average Bonchev–Trinajstić information content (AvgIpc) is 2.61. The van der Waals surface area contributed by atoms with Crippen molar-refractivity contribution in [2.24, 2.45) is 0 Å². The summed E-state index contributed by atoms with van der Waals surface area (Å²) in [6.07, 6.45) is 1.33. The number of halogens is 2. The van der Waals surface area contributed by atoms with E-state index in [-0.39, 0.29) is 11.6 Å². The van der Waals surface area contributed by atoms with Gasteiger partial charge in [-0.2, -0.15) is 0 Å². The Hall–Kier alpha value is -2.63. The van der Waals surface area contributed by atoms with Gasteiger partial charge in [0.2, 0.25) is 0 Å². The summed E-state index contributed by atoms with van der Waals surface area (Å²) in [5.41, 5.74) is 1.86. The van der Waals surface area contributed by atoms with Crippen molar-refractivity contribution in [3.05, 3.63) is 82.2 Å². The third-order valence-corrected chi connectivity index (χ3v) is 4.00. The van der Waals surface area contributed by atoms with Crippen LogP contribution in [0.5, 0.6) is 0 Å². The Morgan fingerprint density at radius 3 is 2.64 bits per heavy atom. The normalized spacial score (nSPS) is 10.3. The molecular weight excluding hydrogens is 359 g/mol. The molecule has 0 saturated carbocycles. The van der Waals surface area contributed by atoms with E-state index in [1.165, 1.54) is 6.33 Å². The lowest BCUT2D eigenvalue weighted by Crippen LogP contribution is -2.24. The molecule has 0 bridgehead atoms. The van der Waals surface area contributed by atoms with Gasteiger partial charge < -0.3 is 10.6 Å². The second-order valence-electron chi connectivity index (χ2n) is 5.20. The van der Waals surface area contributed by atoms with Gasteiger partial charge in [-0.15, -0.1) is 0 Å². The van der Waals surface area contributed by atoms with Crippen LogP contribution >= 0.6 is 23.2 Å². The maximum absolute atomic E-state index is 12.3. The van der Waals surface area contributed by atoms with Crippen molar-refractivity contribution in [1.82, 2.24) is 15.3 Å². The number of rotatable bonds is 5. The number of amides is 1. The minimum Gasteiger partial charge on any atom is -0.347 e. The van der Waals surface area contributed by atoms with Gasteiger partial charge >= 0.3 is 0 Å². The van der Waals surface area contributed by atoms with Gasteiger partial charge in [0.15, 0.2) is 0 Å². The highest BCUT2D eigenvalue weighted by Gasteiger charge is 2.10. The number of aromatic nitrogens is 2. The van der Waals surface area contributed by atoms with E-state index in [1.54, 1.807) is 24.3 Å². The molecule has 1 amide bonds. The van der Waals surface area contributed by atoms with Crippen LogP contribution in [0.25, 0.3) is 0 Å². The van der Waals surface area contributed by atoms with Gasteiger partial charge in [0.25, 0.3) is 5.91 Å². The Labute approximate surface area is 155 Å². The highest BCUT2D eigenvalue weighted by atomic mass is 35.5. The van der Waals surface area contributed by atoms with Gasteiger partial charge in [-0.05, 0) is 29.8 Å². The van der Waals surface area contributed by atoms with E-state index in [0.29, 0.717) is 22.4 Å². The quantitative estimate of drug-likeness (QED) is 0.693.